The second-order valence-corrected chi connectivity index (χ2v) is 5.67. The van der Waals surface area contributed by atoms with Crippen molar-refractivity contribution in [3.05, 3.63) is 24.3 Å². The summed E-state index contributed by atoms with van der Waals surface area (Å²) < 4.78 is 65.8. The Morgan fingerprint density at radius 1 is 1.20 bits per heavy atom. The Bertz CT molecular complexity index is 515. The summed E-state index contributed by atoms with van der Waals surface area (Å²) in [4.78, 5) is -0.257. The maximum absolute atomic E-state index is 12.0. The van der Waals surface area contributed by atoms with Crippen molar-refractivity contribution < 1.29 is 26.3 Å². The van der Waals surface area contributed by atoms with E-state index in [0.29, 0.717) is 25.3 Å². The van der Waals surface area contributed by atoms with Gasteiger partial charge in [0, 0.05) is 0 Å². The molecule has 0 fully saturated rings. The van der Waals surface area contributed by atoms with Crippen molar-refractivity contribution >= 4 is 10.0 Å². The molecule has 0 aliphatic heterocycles. The van der Waals surface area contributed by atoms with Gasteiger partial charge in [0.1, 0.15) is 12.3 Å². The lowest BCUT2D eigenvalue weighted by Gasteiger charge is -2.10. The number of sulfonamides is 1. The zero-order chi connectivity index (χ0) is 15.2. The van der Waals surface area contributed by atoms with Gasteiger partial charge in [0.05, 0.1) is 11.5 Å². The van der Waals surface area contributed by atoms with Crippen LogP contribution in [0.15, 0.2) is 29.2 Å². The number of nitrogens with two attached hydrogens (primary N) is 1. The molecule has 0 saturated carbocycles. The molecule has 5 nitrogen and oxygen atoms in total. The summed E-state index contributed by atoms with van der Waals surface area (Å²) >= 11 is 0. The van der Waals surface area contributed by atoms with Gasteiger partial charge in [-0.1, -0.05) is 0 Å². The molecule has 1 aromatic carbocycles. The van der Waals surface area contributed by atoms with Crippen LogP contribution in [0.3, 0.4) is 0 Å². The number of rotatable bonds is 7. The molecule has 3 N–H and O–H groups in total. The predicted molar refractivity (Wildman–Crippen MR) is 66.9 cm³/mol. The summed E-state index contributed by atoms with van der Waals surface area (Å²) in [6.07, 6.45) is -3.95. The third kappa shape index (κ3) is 5.76. The first-order valence-corrected chi connectivity index (χ1v) is 7.22. The average molecular weight is 312 g/mol. The quantitative estimate of drug-likeness (QED) is 0.743. The fraction of sp³-hybridized carbons (Fsp3) is 0.455. The van der Waals surface area contributed by atoms with Gasteiger partial charge in [-0.05, 0) is 37.2 Å². The van der Waals surface area contributed by atoms with Crippen molar-refractivity contribution in [3.63, 3.8) is 0 Å². The highest BCUT2D eigenvalue weighted by Crippen LogP contribution is 2.18. The fourth-order valence-electron chi connectivity index (χ4n) is 1.25. The summed E-state index contributed by atoms with van der Waals surface area (Å²) in [5, 5.41) is 0. The summed E-state index contributed by atoms with van der Waals surface area (Å²) in [5.41, 5.74) is 5.28. The molecule has 0 aliphatic rings. The highest BCUT2D eigenvalue weighted by Gasteiger charge is 2.29. The summed E-state index contributed by atoms with van der Waals surface area (Å²) in [6, 6.07) is 5.10. The van der Waals surface area contributed by atoms with Gasteiger partial charge >= 0.3 is 6.18 Å². The summed E-state index contributed by atoms with van der Waals surface area (Å²) in [7, 11) is -4.18. The van der Waals surface area contributed by atoms with Crippen LogP contribution in [0.25, 0.3) is 0 Å². The van der Waals surface area contributed by atoms with Gasteiger partial charge in [-0.25, -0.2) is 13.1 Å². The first kappa shape index (κ1) is 16.7. The van der Waals surface area contributed by atoms with E-state index in [-0.39, 0.29) is 4.90 Å². The maximum Gasteiger partial charge on any atom is 0.402 e. The van der Waals surface area contributed by atoms with Crippen molar-refractivity contribution in [2.45, 2.75) is 17.5 Å². The molecular weight excluding hydrogens is 297 g/mol. The van der Waals surface area contributed by atoms with Gasteiger partial charge in [0.25, 0.3) is 0 Å². The number of nitrogens with one attached hydrogen (secondary N) is 1. The van der Waals surface area contributed by atoms with Crippen molar-refractivity contribution in [2.75, 3.05) is 19.7 Å². The van der Waals surface area contributed by atoms with Crippen molar-refractivity contribution in [3.8, 4) is 5.75 Å². The number of benzene rings is 1. The first-order chi connectivity index (χ1) is 9.24. The zero-order valence-electron chi connectivity index (χ0n) is 10.5. The van der Waals surface area contributed by atoms with Crippen LogP contribution in [0, 0.1) is 0 Å². The highest BCUT2D eigenvalue weighted by molar-refractivity contribution is 7.89. The SMILES string of the molecule is NCCCOc1ccc(S(=O)(=O)NCC(F)(F)F)cc1. The molecule has 1 aromatic rings. The molecule has 0 heterocycles. The normalized spacial score (nSPS) is 12.4. The number of alkyl halides is 3. The van der Waals surface area contributed by atoms with Gasteiger partial charge in [0.15, 0.2) is 0 Å². The van der Waals surface area contributed by atoms with E-state index < -0.39 is 22.7 Å². The van der Waals surface area contributed by atoms with Gasteiger partial charge in [0.2, 0.25) is 10.0 Å². The molecule has 0 saturated heterocycles. The van der Waals surface area contributed by atoms with Gasteiger partial charge in [-0.2, -0.15) is 13.2 Å². The molecule has 20 heavy (non-hydrogen) atoms. The molecule has 0 radical (unpaired) electrons. The third-order valence-corrected chi connectivity index (χ3v) is 3.63. The van der Waals surface area contributed by atoms with E-state index in [1.807, 2.05) is 0 Å². The van der Waals surface area contributed by atoms with Crippen LogP contribution in [0.4, 0.5) is 13.2 Å². The molecule has 0 aromatic heterocycles. The fourth-order valence-corrected chi connectivity index (χ4v) is 2.26. The van der Waals surface area contributed by atoms with Crippen molar-refractivity contribution in [1.29, 1.82) is 0 Å². The Morgan fingerprint density at radius 3 is 2.30 bits per heavy atom. The first-order valence-electron chi connectivity index (χ1n) is 5.74. The predicted octanol–water partition coefficient (Wildman–Crippen LogP) is 1.25. The van der Waals surface area contributed by atoms with E-state index in [9.17, 15) is 21.6 Å². The molecule has 0 amide bonds. The molecule has 114 valence electrons. The lowest BCUT2D eigenvalue weighted by molar-refractivity contribution is -0.121. The van der Waals surface area contributed by atoms with Crippen LogP contribution in [0.5, 0.6) is 5.75 Å². The molecule has 0 unspecified atom stereocenters. The van der Waals surface area contributed by atoms with Crippen molar-refractivity contribution in [1.82, 2.24) is 4.72 Å². The monoisotopic (exact) mass is 312 g/mol. The number of hydrogen-bond acceptors (Lipinski definition) is 4. The number of halogens is 3. The topological polar surface area (TPSA) is 81.4 Å². The molecular formula is C11H15F3N2O3S. The molecule has 1 rings (SSSR count). The Kier molecular flexibility index (Phi) is 5.78. The minimum absolute atomic E-state index is 0.257. The van der Waals surface area contributed by atoms with Gasteiger partial charge < -0.3 is 10.5 Å². The van der Waals surface area contributed by atoms with Crippen LogP contribution in [0.1, 0.15) is 6.42 Å². The molecule has 0 bridgehead atoms. The number of hydrogen-bond donors (Lipinski definition) is 2. The Labute approximate surface area is 115 Å². The van der Waals surface area contributed by atoms with Crippen LogP contribution in [-0.4, -0.2) is 34.3 Å². The Morgan fingerprint density at radius 2 is 1.80 bits per heavy atom. The summed E-state index contributed by atoms with van der Waals surface area (Å²) in [6.45, 7) is -0.757. The van der Waals surface area contributed by atoms with Crippen LogP contribution in [-0.2, 0) is 10.0 Å². The highest BCUT2D eigenvalue weighted by atomic mass is 32.2. The molecule has 0 aliphatic carbocycles. The van der Waals surface area contributed by atoms with E-state index in [2.05, 4.69) is 0 Å². The lowest BCUT2D eigenvalue weighted by atomic mass is 10.3. The van der Waals surface area contributed by atoms with E-state index in [1.54, 1.807) is 0 Å². The molecule has 0 atom stereocenters. The van der Waals surface area contributed by atoms with Gasteiger partial charge in [-0.3, -0.25) is 0 Å². The van der Waals surface area contributed by atoms with E-state index >= 15 is 0 Å². The van der Waals surface area contributed by atoms with E-state index in [0.717, 1.165) is 0 Å². The van der Waals surface area contributed by atoms with Crippen LogP contribution >= 0.6 is 0 Å². The maximum atomic E-state index is 12.0. The second-order valence-electron chi connectivity index (χ2n) is 3.90. The van der Waals surface area contributed by atoms with Gasteiger partial charge in [-0.15, -0.1) is 0 Å². The number of ether oxygens (including phenoxy) is 1. The average Bonchev–Trinajstić information content (AvgIpc) is 2.37. The lowest BCUT2D eigenvalue weighted by Crippen LogP contribution is -2.33. The standard InChI is InChI=1S/C11H15F3N2O3S/c12-11(13,14)8-16-20(17,18)10-4-2-9(3-5-10)19-7-1-6-15/h2-5,16H,1,6-8,15H2. The Balaban J connectivity index is 2.67. The Hall–Kier alpha value is -1.32. The largest absolute Gasteiger partial charge is 0.494 e. The van der Waals surface area contributed by atoms with E-state index in [4.69, 9.17) is 10.5 Å². The second kappa shape index (κ2) is 6.91. The van der Waals surface area contributed by atoms with Crippen LogP contribution in [0.2, 0.25) is 0 Å². The van der Waals surface area contributed by atoms with Crippen molar-refractivity contribution in [2.24, 2.45) is 5.73 Å². The summed E-state index contributed by atoms with van der Waals surface area (Å²) in [5.74, 6) is 0.424. The minimum atomic E-state index is -4.60. The minimum Gasteiger partial charge on any atom is -0.494 e. The van der Waals surface area contributed by atoms with Crippen LogP contribution < -0.4 is 15.2 Å². The molecule has 9 heteroatoms. The molecule has 0 spiro atoms. The third-order valence-electron chi connectivity index (χ3n) is 2.21. The van der Waals surface area contributed by atoms with E-state index in [1.165, 1.54) is 29.0 Å². The zero-order valence-corrected chi connectivity index (χ0v) is 11.3. The smallest absolute Gasteiger partial charge is 0.402 e.